The first-order chi connectivity index (χ1) is 7.24. The van der Waals surface area contributed by atoms with Crippen molar-refractivity contribution in [2.24, 2.45) is 0 Å². The van der Waals surface area contributed by atoms with Gasteiger partial charge in [0, 0.05) is 19.0 Å². The number of nitrogen functional groups attached to an aromatic ring is 1. The topological polar surface area (TPSA) is 83.8 Å². The van der Waals surface area contributed by atoms with Crippen molar-refractivity contribution in [2.75, 3.05) is 12.3 Å². The predicted octanol–water partition coefficient (Wildman–Crippen LogP) is 0.525. The van der Waals surface area contributed by atoms with Gasteiger partial charge in [-0.2, -0.15) is 5.10 Å². The molecule has 0 aliphatic carbocycles. The van der Waals surface area contributed by atoms with E-state index in [9.17, 15) is 4.79 Å². The summed E-state index contributed by atoms with van der Waals surface area (Å²) in [6, 6.07) is 1.50. The maximum Gasteiger partial charge on any atom is 0.269 e. The van der Waals surface area contributed by atoms with Crippen LogP contribution in [0, 0.1) is 12.3 Å². The van der Waals surface area contributed by atoms with E-state index in [-0.39, 0.29) is 5.91 Å². The first kappa shape index (κ1) is 11.1. The Balaban J connectivity index is 2.23. The highest BCUT2D eigenvalue weighted by Gasteiger charge is 2.06. The number of unbranched alkanes of at least 4 members (excludes halogenated alkanes) is 2. The fourth-order valence-corrected chi connectivity index (χ4v) is 1.10. The Morgan fingerprint density at radius 3 is 3.07 bits per heavy atom. The van der Waals surface area contributed by atoms with Gasteiger partial charge in [-0.25, -0.2) is 0 Å². The van der Waals surface area contributed by atoms with Crippen molar-refractivity contribution >= 4 is 11.7 Å². The average Bonchev–Trinajstić information content (AvgIpc) is 2.64. The molecule has 0 unspecified atom stereocenters. The Labute approximate surface area is 88.4 Å². The van der Waals surface area contributed by atoms with E-state index in [0.717, 1.165) is 19.3 Å². The van der Waals surface area contributed by atoms with Crippen LogP contribution >= 0.6 is 0 Å². The zero-order valence-corrected chi connectivity index (χ0v) is 8.42. The summed E-state index contributed by atoms with van der Waals surface area (Å²) >= 11 is 0. The third-order valence-electron chi connectivity index (χ3n) is 1.88. The highest BCUT2D eigenvalue weighted by molar-refractivity contribution is 5.92. The van der Waals surface area contributed by atoms with Crippen LogP contribution in [0.25, 0.3) is 0 Å². The molecule has 0 bridgehead atoms. The van der Waals surface area contributed by atoms with Gasteiger partial charge in [0.15, 0.2) is 0 Å². The van der Waals surface area contributed by atoms with Crippen molar-refractivity contribution in [1.82, 2.24) is 15.5 Å². The van der Waals surface area contributed by atoms with Crippen molar-refractivity contribution in [3.8, 4) is 12.3 Å². The number of terminal acetylenes is 1. The zero-order valence-electron chi connectivity index (χ0n) is 8.42. The molecule has 0 aliphatic rings. The Bertz CT molecular complexity index is 364. The number of H-pyrrole nitrogens is 1. The number of anilines is 1. The largest absolute Gasteiger partial charge is 0.382 e. The zero-order chi connectivity index (χ0) is 11.1. The van der Waals surface area contributed by atoms with Gasteiger partial charge in [-0.15, -0.1) is 12.3 Å². The Morgan fingerprint density at radius 2 is 2.47 bits per heavy atom. The highest BCUT2D eigenvalue weighted by Crippen LogP contribution is 2.00. The summed E-state index contributed by atoms with van der Waals surface area (Å²) in [5.74, 6) is 2.66. The number of nitrogens with two attached hydrogens (primary N) is 1. The molecule has 4 N–H and O–H groups in total. The third kappa shape index (κ3) is 3.73. The number of nitrogens with one attached hydrogen (secondary N) is 2. The normalized spacial score (nSPS) is 9.53. The predicted molar refractivity (Wildman–Crippen MR) is 58.0 cm³/mol. The van der Waals surface area contributed by atoms with Gasteiger partial charge in [0.05, 0.1) is 0 Å². The van der Waals surface area contributed by atoms with E-state index in [1.165, 1.54) is 6.07 Å². The summed E-state index contributed by atoms with van der Waals surface area (Å²) in [6.07, 6.45) is 7.64. The molecule has 0 saturated heterocycles. The first-order valence-corrected chi connectivity index (χ1v) is 4.76. The fourth-order valence-electron chi connectivity index (χ4n) is 1.10. The van der Waals surface area contributed by atoms with Gasteiger partial charge in [0.2, 0.25) is 0 Å². The van der Waals surface area contributed by atoms with Crippen molar-refractivity contribution in [3.05, 3.63) is 11.8 Å². The number of rotatable bonds is 5. The quantitative estimate of drug-likeness (QED) is 0.485. The molecule has 1 aromatic rings. The van der Waals surface area contributed by atoms with Crippen molar-refractivity contribution < 1.29 is 4.79 Å². The van der Waals surface area contributed by atoms with Crippen LogP contribution in [0.15, 0.2) is 6.07 Å². The molecule has 0 spiro atoms. The van der Waals surface area contributed by atoms with E-state index in [1.807, 2.05) is 0 Å². The maximum atomic E-state index is 11.4. The Morgan fingerprint density at radius 1 is 1.67 bits per heavy atom. The summed E-state index contributed by atoms with van der Waals surface area (Å²) in [7, 11) is 0. The molecule has 0 radical (unpaired) electrons. The Hall–Kier alpha value is -1.96. The molecule has 0 aliphatic heterocycles. The van der Waals surface area contributed by atoms with Crippen LogP contribution in [0.3, 0.4) is 0 Å². The van der Waals surface area contributed by atoms with Gasteiger partial charge in [0.25, 0.3) is 5.91 Å². The number of nitrogens with zero attached hydrogens (tertiary/aromatic N) is 1. The monoisotopic (exact) mass is 206 g/mol. The number of carbonyl (C=O) groups is 1. The molecule has 5 nitrogen and oxygen atoms in total. The second-order valence-corrected chi connectivity index (χ2v) is 3.12. The number of aromatic nitrogens is 2. The van der Waals surface area contributed by atoms with Crippen molar-refractivity contribution in [1.29, 1.82) is 0 Å². The van der Waals surface area contributed by atoms with Gasteiger partial charge >= 0.3 is 0 Å². The van der Waals surface area contributed by atoms with E-state index in [0.29, 0.717) is 18.1 Å². The number of carbonyl (C=O) groups excluding carboxylic acids is 1. The van der Waals surface area contributed by atoms with Gasteiger partial charge in [-0.05, 0) is 12.8 Å². The van der Waals surface area contributed by atoms with Gasteiger partial charge in [0.1, 0.15) is 11.5 Å². The molecule has 1 rings (SSSR count). The van der Waals surface area contributed by atoms with E-state index in [4.69, 9.17) is 12.2 Å². The summed E-state index contributed by atoms with van der Waals surface area (Å²) in [5.41, 5.74) is 5.75. The molecule has 0 aromatic carbocycles. The second-order valence-electron chi connectivity index (χ2n) is 3.12. The number of hydrogen-bond donors (Lipinski definition) is 3. The minimum absolute atomic E-state index is 0.195. The molecule has 1 heterocycles. The lowest BCUT2D eigenvalue weighted by Gasteiger charge is -2.01. The molecule has 0 atom stereocenters. The van der Waals surface area contributed by atoms with Crippen LogP contribution in [-0.4, -0.2) is 22.6 Å². The summed E-state index contributed by atoms with van der Waals surface area (Å²) < 4.78 is 0. The van der Waals surface area contributed by atoms with Crippen LogP contribution in [0.2, 0.25) is 0 Å². The number of hydrogen-bond acceptors (Lipinski definition) is 3. The molecular weight excluding hydrogens is 192 g/mol. The van der Waals surface area contributed by atoms with E-state index < -0.39 is 0 Å². The van der Waals surface area contributed by atoms with E-state index >= 15 is 0 Å². The number of aromatic amines is 1. The average molecular weight is 206 g/mol. The van der Waals surface area contributed by atoms with Crippen molar-refractivity contribution in [2.45, 2.75) is 19.3 Å². The molecule has 5 heteroatoms. The summed E-state index contributed by atoms with van der Waals surface area (Å²) in [5, 5.41) is 8.94. The minimum atomic E-state index is -0.195. The molecule has 80 valence electrons. The lowest BCUT2D eigenvalue weighted by Crippen LogP contribution is -2.24. The van der Waals surface area contributed by atoms with Gasteiger partial charge in [-0.1, -0.05) is 0 Å². The van der Waals surface area contributed by atoms with E-state index in [2.05, 4.69) is 21.4 Å². The molecule has 1 amide bonds. The maximum absolute atomic E-state index is 11.4. The van der Waals surface area contributed by atoms with Crippen LogP contribution in [-0.2, 0) is 0 Å². The van der Waals surface area contributed by atoms with Crippen LogP contribution in [0.1, 0.15) is 29.8 Å². The molecule has 0 fully saturated rings. The Kier molecular flexibility index (Phi) is 4.23. The van der Waals surface area contributed by atoms with Crippen molar-refractivity contribution in [3.63, 3.8) is 0 Å². The second kappa shape index (κ2) is 5.70. The van der Waals surface area contributed by atoms with Crippen LogP contribution < -0.4 is 11.1 Å². The van der Waals surface area contributed by atoms with Gasteiger partial charge in [-0.3, -0.25) is 9.89 Å². The standard InChI is InChI=1S/C10H14N4O/c1-2-3-4-5-6-12-10(15)8-7-9(11)14-13-8/h1,7H,3-6H2,(H,12,15)(H3,11,13,14). The van der Waals surface area contributed by atoms with E-state index in [1.54, 1.807) is 0 Å². The smallest absolute Gasteiger partial charge is 0.269 e. The summed E-state index contributed by atoms with van der Waals surface area (Å²) in [6.45, 7) is 0.611. The summed E-state index contributed by atoms with van der Waals surface area (Å²) in [4.78, 5) is 11.4. The lowest BCUT2D eigenvalue weighted by atomic mass is 10.2. The minimum Gasteiger partial charge on any atom is -0.382 e. The third-order valence-corrected chi connectivity index (χ3v) is 1.88. The highest BCUT2D eigenvalue weighted by atomic mass is 16.1. The SMILES string of the molecule is C#CCCCCNC(=O)c1cc(N)n[nH]1. The molecular formula is C10H14N4O. The lowest BCUT2D eigenvalue weighted by molar-refractivity contribution is 0.0948. The fraction of sp³-hybridized carbons (Fsp3) is 0.400. The first-order valence-electron chi connectivity index (χ1n) is 4.76. The van der Waals surface area contributed by atoms with Gasteiger partial charge < -0.3 is 11.1 Å². The molecule has 0 saturated carbocycles. The molecule has 15 heavy (non-hydrogen) atoms. The molecule has 1 aromatic heterocycles. The van der Waals surface area contributed by atoms with Crippen LogP contribution in [0.4, 0.5) is 5.82 Å². The van der Waals surface area contributed by atoms with Crippen LogP contribution in [0.5, 0.6) is 0 Å². The number of amides is 1.